The van der Waals surface area contributed by atoms with Gasteiger partial charge in [-0.05, 0) is 57.8 Å². The summed E-state index contributed by atoms with van der Waals surface area (Å²) < 4.78 is 5.50. The van der Waals surface area contributed by atoms with Gasteiger partial charge >= 0.3 is 5.97 Å². The zero-order valence-electron chi connectivity index (χ0n) is 50.8. The monoisotopic (exact) mass is 1060 g/mol. The number of ether oxygens (including phenoxy) is 1. The third-order valence-electron chi connectivity index (χ3n) is 16.0. The maximum absolute atomic E-state index is 12.5. The smallest absolute Gasteiger partial charge is 0.305 e. The molecule has 0 rings (SSSR count). The Kier molecular flexibility index (Phi) is 63.4. The van der Waals surface area contributed by atoms with E-state index in [4.69, 9.17) is 4.74 Å². The number of hydrogen-bond acceptors (Lipinski definition) is 5. The number of rotatable bonds is 64. The van der Waals surface area contributed by atoms with E-state index in [-0.39, 0.29) is 18.5 Å². The van der Waals surface area contributed by atoms with Crippen molar-refractivity contribution >= 4 is 11.9 Å². The first-order chi connectivity index (χ1) is 37.0. The lowest BCUT2D eigenvalue weighted by Gasteiger charge is -2.20. The lowest BCUT2D eigenvalue weighted by molar-refractivity contribution is -0.143. The highest BCUT2D eigenvalue weighted by atomic mass is 16.5. The normalized spacial score (nSPS) is 12.6. The zero-order chi connectivity index (χ0) is 54.3. The maximum atomic E-state index is 12.5. The molecule has 0 saturated carbocycles. The van der Waals surface area contributed by atoms with E-state index in [1.54, 1.807) is 6.08 Å². The van der Waals surface area contributed by atoms with E-state index in [0.29, 0.717) is 19.4 Å². The van der Waals surface area contributed by atoms with Crippen LogP contribution in [-0.2, 0) is 14.3 Å². The molecule has 0 aromatic carbocycles. The van der Waals surface area contributed by atoms with E-state index in [1.165, 1.54) is 308 Å². The fraction of sp³-hybridized carbons (Fsp3) is 0.913. The Hall–Kier alpha value is -1.66. The van der Waals surface area contributed by atoms with Crippen LogP contribution in [0.25, 0.3) is 0 Å². The second kappa shape index (κ2) is 64.9. The molecule has 0 bridgehead atoms. The van der Waals surface area contributed by atoms with Crippen LogP contribution < -0.4 is 5.32 Å². The summed E-state index contributed by atoms with van der Waals surface area (Å²) in [5.74, 6) is -0.0565. The number of amides is 1. The molecule has 0 fully saturated rings. The molecule has 0 aromatic heterocycles. The lowest BCUT2D eigenvalue weighted by Crippen LogP contribution is -2.45. The molecule has 0 aromatic rings. The average molecular weight is 1060 g/mol. The van der Waals surface area contributed by atoms with Gasteiger partial charge in [-0.25, -0.2) is 0 Å². The molecule has 1 amide bonds. The van der Waals surface area contributed by atoms with Gasteiger partial charge in [0.1, 0.15) is 0 Å². The van der Waals surface area contributed by atoms with E-state index >= 15 is 0 Å². The number of hydrogen-bond donors (Lipinski definition) is 3. The first kappa shape index (κ1) is 73.3. The van der Waals surface area contributed by atoms with Crippen molar-refractivity contribution in [3.63, 3.8) is 0 Å². The molecule has 0 spiro atoms. The second-order valence-corrected chi connectivity index (χ2v) is 23.5. The van der Waals surface area contributed by atoms with Gasteiger partial charge in [0.15, 0.2) is 0 Å². The molecule has 0 aliphatic carbocycles. The van der Waals surface area contributed by atoms with E-state index in [2.05, 4.69) is 31.3 Å². The Morgan fingerprint density at radius 1 is 0.360 bits per heavy atom. The summed E-state index contributed by atoms with van der Waals surface area (Å²) in [6, 6.07) is -0.629. The van der Waals surface area contributed by atoms with Crippen molar-refractivity contribution in [1.29, 1.82) is 0 Å². The molecule has 0 aliphatic rings. The van der Waals surface area contributed by atoms with Crippen molar-refractivity contribution < 1.29 is 24.5 Å². The average Bonchev–Trinajstić information content (AvgIpc) is 3.41. The summed E-state index contributed by atoms with van der Waals surface area (Å²) in [5, 5.41) is 23.2. The van der Waals surface area contributed by atoms with Crippen LogP contribution in [0.15, 0.2) is 24.3 Å². The molecule has 0 heterocycles. The Morgan fingerprint density at radius 2 is 0.627 bits per heavy atom. The van der Waals surface area contributed by atoms with E-state index in [9.17, 15) is 19.8 Å². The molecule has 6 heteroatoms. The molecule has 6 nitrogen and oxygen atoms in total. The molecule has 444 valence electrons. The molecule has 2 atom stereocenters. The summed E-state index contributed by atoms with van der Waals surface area (Å²) in [6.07, 6.45) is 80.9. The second-order valence-electron chi connectivity index (χ2n) is 23.5. The first-order valence-corrected chi connectivity index (χ1v) is 34.1. The summed E-state index contributed by atoms with van der Waals surface area (Å²) in [5.41, 5.74) is 0. The SMILES string of the molecule is CCCCCCCC/C=C\CCCCCCCCCC(=O)OCCCCCCCCCCCCCCCCCCCCCCCC(=O)NC(CO)C(O)/C=C/CCCCCCCCCCCCCCCCCCCC. The van der Waals surface area contributed by atoms with Crippen molar-refractivity contribution in [2.24, 2.45) is 0 Å². The quantitative estimate of drug-likeness (QED) is 0.0320. The Morgan fingerprint density at radius 3 is 0.947 bits per heavy atom. The van der Waals surface area contributed by atoms with E-state index in [0.717, 1.165) is 44.9 Å². The molecular weight excluding hydrogens is 923 g/mol. The highest BCUT2D eigenvalue weighted by molar-refractivity contribution is 5.76. The number of unbranched alkanes of at least 4 members (excludes halogenated alkanes) is 51. The number of allylic oxidation sites excluding steroid dienone is 3. The molecule has 2 unspecified atom stereocenters. The largest absolute Gasteiger partial charge is 0.466 e. The number of aliphatic hydroxyl groups excluding tert-OH is 2. The lowest BCUT2D eigenvalue weighted by atomic mass is 10.0. The van der Waals surface area contributed by atoms with Crippen LogP contribution in [0.1, 0.15) is 380 Å². The number of carbonyl (C=O) groups excluding carboxylic acids is 2. The predicted molar refractivity (Wildman–Crippen MR) is 329 cm³/mol. The Bertz CT molecular complexity index is 1170. The van der Waals surface area contributed by atoms with Gasteiger partial charge in [0.05, 0.1) is 25.4 Å². The Labute approximate surface area is 469 Å². The third kappa shape index (κ3) is 61.4. The van der Waals surface area contributed by atoms with Crippen LogP contribution in [-0.4, -0.2) is 47.4 Å². The number of esters is 1. The van der Waals surface area contributed by atoms with Gasteiger partial charge in [-0.2, -0.15) is 0 Å². The van der Waals surface area contributed by atoms with Crippen LogP contribution in [0.4, 0.5) is 0 Å². The number of carbonyl (C=O) groups is 2. The molecule has 0 aliphatic heterocycles. The topological polar surface area (TPSA) is 95.9 Å². The summed E-state index contributed by atoms with van der Waals surface area (Å²) in [4.78, 5) is 24.6. The van der Waals surface area contributed by atoms with Crippen molar-refractivity contribution in [2.75, 3.05) is 13.2 Å². The summed E-state index contributed by atoms with van der Waals surface area (Å²) in [7, 11) is 0. The first-order valence-electron chi connectivity index (χ1n) is 34.1. The van der Waals surface area contributed by atoms with E-state index < -0.39 is 12.1 Å². The van der Waals surface area contributed by atoms with Crippen molar-refractivity contribution in [1.82, 2.24) is 5.32 Å². The van der Waals surface area contributed by atoms with E-state index in [1.807, 2.05) is 6.08 Å². The minimum Gasteiger partial charge on any atom is -0.466 e. The molecular formula is C69H133NO5. The standard InChI is InChI=1S/C69H133NO5/c1-3-5-7-9-11-13-15-17-19-21-22-26-30-33-37-41-45-49-53-57-61-67(72)66(65-71)70-68(73)62-58-54-50-46-42-38-34-31-27-24-23-25-28-32-36-40-44-48-52-56-60-64-75-69(74)63-59-55-51-47-43-39-35-29-20-18-16-14-12-10-8-6-4-2/h18,20,57,61,66-67,71-72H,3-17,19,21-56,58-60,62-65H2,1-2H3,(H,70,73)/b20-18-,61-57+. The van der Waals surface area contributed by atoms with Crippen LogP contribution in [0.5, 0.6) is 0 Å². The minimum absolute atomic E-state index is 0.00887. The molecule has 0 radical (unpaired) electrons. The van der Waals surface area contributed by atoms with Gasteiger partial charge in [0.2, 0.25) is 5.91 Å². The van der Waals surface area contributed by atoms with Crippen molar-refractivity contribution in [3.05, 3.63) is 24.3 Å². The van der Waals surface area contributed by atoms with Gasteiger partial charge in [-0.3, -0.25) is 9.59 Å². The minimum atomic E-state index is -0.846. The maximum Gasteiger partial charge on any atom is 0.305 e. The Balaban J connectivity index is 3.40. The molecule has 75 heavy (non-hydrogen) atoms. The van der Waals surface area contributed by atoms with Gasteiger partial charge in [0, 0.05) is 12.8 Å². The van der Waals surface area contributed by atoms with Gasteiger partial charge < -0.3 is 20.3 Å². The molecule has 3 N–H and O–H groups in total. The highest BCUT2D eigenvalue weighted by Gasteiger charge is 2.18. The van der Waals surface area contributed by atoms with Crippen LogP contribution in [0.2, 0.25) is 0 Å². The van der Waals surface area contributed by atoms with Gasteiger partial charge in [-0.1, -0.05) is 334 Å². The third-order valence-corrected chi connectivity index (χ3v) is 16.0. The van der Waals surface area contributed by atoms with Crippen LogP contribution >= 0.6 is 0 Å². The van der Waals surface area contributed by atoms with Crippen LogP contribution in [0.3, 0.4) is 0 Å². The van der Waals surface area contributed by atoms with Gasteiger partial charge in [0.25, 0.3) is 0 Å². The number of aliphatic hydroxyl groups is 2. The molecule has 0 saturated heterocycles. The van der Waals surface area contributed by atoms with Crippen molar-refractivity contribution in [2.45, 2.75) is 392 Å². The number of nitrogens with one attached hydrogen (secondary N) is 1. The van der Waals surface area contributed by atoms with Crippen molar-refractivity contribution in [3.8, 4) is 0 Å². The highest BCUT2D eigenvalue weighted by Crippen LogP contribution is 2.18. The zero-order valence-corrected chi connectivity index (χ0v) is 50.8. The fourth-order valence-electron chi connectivity index (χ4n) is 10.7. The summed E-state index contributed by atoms with van der Waals surface area (Å²) >= 11 is 0. The predicted octanol–water partition coefficient (Wildman–Crippen LogP) is 21.8. The van der Waals surface area contributed by atoms with Gasteiger partial charge in [-0.15, -0.1) is 0 Å². The van der Waals surface area contributed by atoms with Crippen LogP contribution in [0, 0.1) is 0 Å². The fourth-order valence-corrected chi connectivity index (χ4v) is 10.7. The summed E-state index contributed by atoms with van der Waals surface area (Å²) in [6.45, 7) is 4.93.